The molecule has 6 nitrogen and oxygen atoms in total. The van der Waals surface area contributed by atoms with Crippen LogP contribution in [-0.4, -0.2) is 53.1 Å². The maximum absolute atomic E-state index is 11.6. The van der Waals surface area contributed by atoms with Crippen LogP contribution in [0.2, 0.25) is 0 Å². The van der Waals surface area contributed by atoms with E-state index in [0.29, 0.717) is 0 Å². The normalized spacial score (nSPS) is 22.4. The fourth-order valence-corrected chi connectivity index (χ4v) is 2.99. The van der Waals surface area contributed by atoms with Crippen LogP contribution in [0.4, 0.5) is 10.6 Å². The van der Waals surface area contributed by atoms with Crippen LogP contribution in [0, 0.1) is 0 Å². The van der Waals surface area contributed by atoms with Gasteiger partial charge in [-0.1, -0.05) is 6.92 Å². The number of rotatable bonds is 2. The Labute approximate surface area is 120 Å². The SMILES string of the molecule is CCc1nc(Br)cc(N2CCN3C(=O)NCC3C2)n1. The van der Waals surface area contributed by atoms with Gasteiger partial charge in [0.2, 0.25) is 0 Å². The molecule has 102 valence electrons. The van der Waals surface area contributed by atoms with Gasteiger partial charge >= 0.3 is 6.03 Å². The molecule has 1 aromatic rings. The highest BCUT2D eigenvalue weighted by Gasteiger charge is 2.35. The monoisotopic (exact) mass is 325 g/mol. The number of fused-ring (bicyclic) bond motifs is 1. The Balaban J connectivity index is 1.80. The van der Waals surface area contributed by atoms with Crippen LogP contribution in [0.15, 0.2) is 10.7 Å². The summed E-state index contributed by atoms with van der Waals surface area (Å²) in [6.45, 7) is 5.16. The molecule has 2 amide bonds. The van der Waals surface area contributed by atoms with Gasteiger partial charge in [0.1, 0.15) is 16.2 Å². The number of piperazine rings is 1. The number of nitrogens with one attached hydrogen (secondary N) is 1. The predicted molar refractivity (Wildman–Crippen MR) is 75.2 cm³/mol. The van der Waals surface area contributed by atoms with Crippen molar-refractivity contribution >= 4 is 27.8 Å². The molecule has 2 aliphatic rings. The van der Waals surface area contributed by atoms with Crippen molar-refractivity contribution in [1.82, 2.24) is 20.2 Å². The minimum absolute atomic E-state index is 0.0581. The Hall–Kier alpha value is -1.37. The number of aryl methyl sites for hydroxylation is 1. The third-order valence-corrected chi connectivity index (χ3v) is 4.01. The molecule has 2 fully saturated rings. The van der Waals surface area contributed by atoms with Gasteiger partial charge in [0, 0.05) is 38.7 Å². The first kappa shape index (κ1) is 12.7. The number of carbonyl (C=O) groups is 1. The van der Waals surface area contributed by atoms with Crippen molar-refractivity contribution in [1.29, 1.82) is 0 Å². The van der Waals surface area contributed by atoms with Crippen molar-refractivity contribution in [2.75, 3.05) is 31.1 Å². The van der Waals surface area contributed by atoms with Crippen molar-refractivity contribution in [3.05, 3.63) is 16.5 Å². The fraction of sp³-hybridized carbons (Fsp3) is 0.583. The summed E-state index contributed by atoms with van der Waals surface area (Å²) in [5.74, 6) is 1.78. The Bertz CT molecular complexity index is 509. The van der Waals surface area contributed by atoms with E-state index in [9.17, 15) is 4.79 Å². The van der Waals surface area contributed by atoms with Gasteiger partial charge in [-0.25, -0.2) is 14.8 Å². The fourth-order valence-electron chi connectivity index (χ4n) is 2.58. The van der Waals surface area contributed by atoms with Crippen LogP contribution < -0.4 is 10.2 Å². The van der Waals surface area contributed by atoms with Gasteiger partial charge in [0.15, 0.2) is 0 Å². The number of aromatic nitrogens is 2. The first-order chi connectivity index (χ1) is 9.17. The van der Waals surface area contributed by atoms with Gasteiger partial charge in [-0.3, -0.25) is 0 Å². The minimum Gasteiger partial charge on any atom is -0.353 e. The second-order valence-electron chi connectivity index (χ2n) is 4.80. The third-order valence-electron chi connectivity index (χ3n) is 3.60. The largest absolute Gasteiger partial charge is 0.353 e. The second-order valence-corrected chi connectivity index (χ2v) is 5.61. The number of nitrogens with zero attached hydrogens (tertiary/aromatic N) is 4. The zero-order chi connectivity index (χ0) is 13.4. The maximum Gasteiger partial charge on any atom is 0.317 e. The van der Waals surface area contributed by atoms with Crippen LogP contribution in [0.3, 0.4) is 0 Å². The van der Waals surface area contributed by atoms with Crippen molar-refractivity contribution in [2.24, 2.45) is 0 Å². The molecule has 1 aromatic heterocycles. The molecule has 3 rings (SSSR count). The smallest absolute Gasteiger partial charge is 0.317 e. The summed E-state index contributed by atoms with van der Waals surface area (Å²) >= 11 is 3.43. The number of amides is 2. The highest BCUT2D eigenvalue weighted by molar-refractivity contribution is 9.10. The number of hydrogen-bond donors (Lipinski definition) is 1. The molecular weight excluding hydrogens is 310 g/mol. The van der Waals surface area contributed by atoms with Gasteiger partial charge in [0.05, 0.1) is 6.04 Å². The molecule has 1 atom stereocenters. The van der Waals surface area contributed by atoms with E-state index in [-0.39, 0.29) is 12.1 Å². The van der Waals surface area contributed by atoms with E-state index in [1.807, 2.05) is 17.9 Å². The van der Waals surface area contributed by atoms with E-state index in [2.05, 4.69) is 36.1 Å². The molecule has 0 saturated carbocycles. The van der Waals surface area contributed by atoms with Crippen LogP contribution in [0.5, 0.6) is 0 Å². The lowest BCUT2D eigenvalue weighted by molar-refractivity contribution is 0.197. The highest BCUT2D eigenvalue weighted by atomic mass is 79.9. The average molecular weight is 326 g/mol. The van der Waals surface area contributed by atoms with E-state index < -0.39 is 0 Å². The van der Waals surface area contributed by atoms with Gasteiger partial charge in [-0.2, -0.15) is 0 Å². The Morgan fingerprint density at radius 2 is 2.32 bits per heavy atom. The molecule has 1 N–H and O–H groups in total. The molecule has 1 unspecified atom stereocenters. The first-order valence-corrected chi connectivity index (χ1v) is 7.29. The molecule has 2 saturated heterocycles. The third kappa shape index (κ3) is 2.39. The van der Waals surface area contributed by atoms with Gasteiger partial charge < -0.3 is 15.1 Å². The average Bonchev–Trinajstić information content (AvgIpc) is 2.79. The molecule has 0 aliphatic carbocycles. The quantitative estimate of drug-likeness (QED) is 0.824. The molecule has 7 heteroatoms. The van der Waals surface area contributed by atoms with Crippen molar-refractivity contribution in [3.63, 3.8) is 0 Å². The van der Waals surface area contributed by atoms with Gasteiger partial charge in [-0.05, 0) is 15.9 Å². The van der Waals surface area contributed by atoms with E-state index in [1.165, 1.54) is 0 Å². The summed E-state index contributed by atoms with van der Waals surface area (Å²) in [4.78, 5) is 24.6. The number of urea groups is 1. The molecule has 0 radical (unpaired) electrons. The summed E-state index contributed by atoms with van der Waals surface area (Å²) in [6.07, 6.45) is 0.815. The summed E-state index contributed by atoms with van der Waals surface area (Å²) < 4.78 is 0.817. The summed E-state index contributed by atoms with van der Waals surface area (Å²) in [5, 5.41) is 2.89. The number of halogens is 1. The first-order valence-electron chi connectivity index (χ1n) is 6.50. The molecule has 0 aromatic carbocycles. The lowest BCUT2D eigenvalue weighted by atomic mass is 10.2. The Morgan fingerprint density at radius 3 is 3.11 bits per heavy atom. The van der Waals surface area contributed by atoms with E-state index in [1.54, 1.807) is 0 Å². The van der Waals surface area contributed by atoms with Crippen LogP contribution >= 0.6 is 15.9 Å². The summed E-state index contributed by atoms with van der Waals surface area (Å²) in [7, 11) is 0. The van der Waals surface area contributed by atoms with E-state index in [0.717, 1.165) is 48.8 Å². The Morgan fingerprint density at radius 1 is 1.47 bits per heavy atom. The molecule has 2 aliphatic heterocycles. The zero-order valence-electron chi connectivity index (χ0n) is 10.8. The van der Waals surface area contributed by atoms with Crippen molar-refractivity contribution in [2.45, 2.75) is 19.4 Å². The standard InChI is InChI=1S/C12H16BrN5O/c1-2-10-15-9(13)5-11(16-10)17-3-4-18-8(7-17)6-14-12(18)19/h5,8H,2-4,6-7H2,1H3,(H,14,19). The lowest BCUT2D eigenvalue weighted by Crippen LogP contribution is -2.52. The van der Waals surface area contributed by atoms with E-state index in [4.69, 9.17) is 0 Å². The van der Waals surface area contributed by atoms with Gasteiger partial charge in [0.25, 0.3) is 0 Å². The predicted octanol–water partition coefficient (Wildman–Crippen LogP) is 1.02. The molecule has 0 spiro atoms. The molecular formula is C12H16BrN5O. The van der Waals surface area contributed by atoms with E-state index >= 15 is 0 Å². The number of carbonyl (C=O) groups excluding carboxylic acids is 1. The number of hydrogen-bond acceptors (Lipinski definition) is 4. The van der Waals surface area contributed by atoms with Crippen molar-refractivity contribution in [3.8, 4) is 0 Å². The lowest BCUT2D eigenvalue weighted by Gasteiger charge is -2.37. The van der Waals surface area contributed by atoms with Crippen LogP contribution in [-0.2, 0) is 6.42 Å². The highest BCUT2D eigenvalue weighted by Crippen LogP contribution is 2.22. The second kappa shape index (κ2) is 4.96. The minimum atomic E-state index is 0.0581. The Kier molecular flexibility index (Phi) is 3.30. The topological polar surface area (TPSA) is 61.4 Å². The van der Waals surface area contributed by atoms with Crippen LogP contribution in [0.1, 0.15) is 12.7 Å². The maximum atomic E-state index is 11.6. The summed E-state index contributed by atoms with van der Waals surface area (Å²) in [6, 6.07) is 2.25. The summed E-state index contributed by atoms with van der Waals surface area (Å²) in [5.41, 5.74) is 0. The molecule has 3 heterocycles. The van der Waals surface area contributed by atoms with Crippen LogP contribution in [0.25, 0.3) is 0 Å². The molecule has 0 bridgehead atoms. The van der Waals surface area contributed by atoms with Gasteiger partial charge in [-0.15, -0.1) is 0 Å². The zero-order valence-corrected chi connectivity index (χ0v) is 12.4. The van der Waals surface area contributed by atoms with Crippen molar-refractivity contribution < 1.29 is 4.79 Å². The molecule has 19 heavy (non-hydrogen) atoms. The number of anilines is 1.